The van der Waals surface area contributed by atoms with Gasteiger partial charge < -0.3 is 14.6 Å². The number of carbonyl (C=O) groups excluding carboxylic acids is 2. The van der Waals surface area contributed by atoms with Crippen molar-refractivity contribution in [2.24, 2.45) is 0 Å². The number of imide groups is 1. The van der Waals surface area contributed by atoms with Crippen LogP contribution in [0.3, 0.4) is 0 Å². The second-order valence-corrected chi connectivity index (χ2v) is 7.77. The van der Waals surface area contributed by atoms with Gasteiger partial charge in [0.25, 0.3) is 11.1 Å². The zero-order valence-corrected chi connectivity index (χ0v) is 17.7. The van der Waals surface area contributed by atoms with Crippen molar-refractivity contribution < 1.29 is 29.0 Å². The molecule has 2 aromatic rings. The Morgan fingerprint density at radius 3 is 2.63 bits per heavy atom. The van der Waals surface area contributed by atoms with Crippen LogP contribution in [0.4, 0.5) is 4.79 Å². The maximum absolute atomic E-state index is 12.7. The number of amides is 2. The van der Waals surface area contributed by atoms with E-state index in [9.17, 15) is 14.4 Å². The van der Waals surface area contributed by atoms with Gasteiger partial charge in [-0.25, -0.2) is 4.79 Å². The van der Waals surface area contributed by atoms with E-state index in [2.05, 4.69) is 0 Å². The summed E-state index contributed by atoms with van der Waals surface area (Å²) in [7, 11) is 1.43. The normalized spacial score (nSPS) is 16.1. The van der Waals surface area contributed by atoms with Gasteiger partial charge >= 0.3 is 5.97 Å². The van der Waals surface area contributed by atoms with Gasteiger partial charge in [0, 0.05) is 5.02 Å². The topological polar surface area (TPSA) is 93.1 Å². The molecule has 1 aliphatic heterocycles. The van der Waals surface area contributed by atoms with Gasteiger partial charge in [-0.2, -0.15) is 0 Å². The van der Waals surface area contributed by atoms with E-state index in [4.69, 9.17) is 26.2 Å². The summed E-state index contributed by atoms with van der Waals surface area (Å²) in [5.74, 6) is -0.944. The highest BCUT2D eigenvalue weighted by Crippen LogP contribution is 2.36. The standard InChI is InChI=1S/C21H18ClNO6S/c1-12(20(25)26)29-16-8-7-13(9-17(16)28-2)10-18-19(24)23(21(27)30-18)11-14-5-3-4-6-15(14)22/h3-10,12H,11H2,1-2H3,(H,25,26)/b18-10-/t12-/m0/s1. The minimum Gasteiger partial charge on any atom is -0.493 e. The number of hydrogen-bond donors (Lipinski definition) is 1. The SMILES string of the molecule is COc1cc(/C=C2\SC(=O)N(Cc3ccccc3Cl)C2=O)ccc1O[C@@H](C)C(=O)O. The third kappa shape index (κ3) is 4.77. The van der Waals surface area contributed by atoms with Gasteiger partial charge in [0.1, 0.15) is 0 Å². The number of methoxy groups -OCH3 is 1. The maximum atomic E-state index is 12.7. The minimum absolute atomic E-state index is 0.0882. The number of carboxylic acid groups (broad SMARTS) is 1. The smallest absolute Gasteiger partial charge is 0.344 e. The fraction of sp³-hybridized carbons (Fsp3) is 0.190. The second kappa shape index (κ2) is 9.23. The van der Waals surface area contributed by atoms with Crippen molar-refractivity contribution in [1.29, 1.82) is 0 Å². The molecule has 0 unspecified atom stereocenters. The predicted molar refractivity (Wildman–Crippen MR) is 114 cm³/mol. The van der Waals surface area contributed by atoms with Crippen LogP contribution in [-0.4, -0.2) is 40.3 Å². The fourth-order valence-electron chi connectivity index (χ4n) is 2.70. The van der Waals surface area contributed by atoms with E-state index in [1.807, 2.05) is 0 Å². The summed E-state index contributed by atoms with van der Waals surface area (Å²) in [6.07, 6.45) is 0.524. The van der Waals surface area contributed by atoms with E-state index < -0.39 is 18.0 Å². The van der Waals surface area contributed by atoms with Crippen LogP contribution in [-0.2, 0) is 16.1 Å². The molecule has 1 heterocycles. The van der Waals surface area contributed by atoms with E-state index in [0.717, 1.165) is 16.7 Å². The first-order valence-corrected chi connectivity index (χ1v) is 10.1. The highest BCUT2D eigenvalue weighted by Gasteiger charge is 2.35. The molecular formula is C21H18ClNO6S. The first kappa shape index (κ1) is 21.7. The lowest BCUT2D eigenvalue weighted by Crippen LogP contribution is -2.27. The summed E-state index contributed by atoms with van der Waals surface area (Å²) in [6, 6.07) is 11.8. The number of benzene rings is 2. The Labute approximate surface area is 182 Å². The van der Waals surface area contributed by atoms with E-state index in [1.165, 1.54) is 14.0 Å². The molecule has 0 radical (unpaired) electrons. The van der Waals surface area contributed by atoms with Crippen LogP contribution in [0.2, 0.25) is 5.02 Å². The number of nitrogens with zero attached hydrogens (tertiary/aromatic N) is 1. The van der Waals surface area contributed by atoms with Crippen molar-refractivity contribution >= 4 is 46.6 Å². The number of ether oxygens (including phenoxy) is 2. The predicted octanol–water partition coefficient (Wildman–Crippen LogP) is 4.44. The zero-order chi connectivity index (χ0) is 21.8. The van der Waals surface area contributed by atoms with Crippen molar-refractivity contribution in [3.63, 3.8) is 0 Å². The molecule has 30 heavy (non-hydrogen) atoms. The van der Waals surface area contributed by atoms with Crippen LogP contribution >= 0.6 is 23.4 Å². The molecule has 1 aliphatic rings. The minimum atomic E-state index is -1.10. The molecule has 0 bridgehead atoms. The molecule has 1 fully saturated rings. The molecule has 2 aromatic carbocycles. The molecule has 1 N–H and O–H groups in total. The van der Waals surface area contributed by atoms with E-state index in [1.54, 1.807) is 48.5 Å². The Kier molecular flexibility index (Phi) is 6.69. The summed E-state index contributed by atoms with van der Waals surface area (Å²) in [5.41, 5.74) is 1.28. The van der Waals surface area contributed by atoms with Gasteiger partial charge in [-0.1, -0.05) is 35.9 Å². The second-order valence-electron chi connectivity index (χ2n) is 6.37. The van der Waals surface area contributed by atoms with Crippen LogP contribution in [0.15, 0.2) is 47.4 Å². The fourth-order valence-corrected chi connectivity index (χ4v) is 3.73. The van der Waals surface area contributed by atoms with Crippen molar-refractivity contribution in [2.45, 2.75) is 19.6 Å². The monoisotopic (exact) mass is 447 g/mol. The average molecular weight is 448 g/mol. The van der Waals surface area contributed by atoms with E-state index >= 15 is 0 Å². The highest BCUT2D eigenvalue weighted by atomic mass is 35.5. The van der Waals surface area contributed by atoms with Gasteiger partial charge in [-0.05, 0) is 54.1 Å². The maximum Gasteiger partial charge on any atom is 0.344 e. The molecule has 1 atom stereocenters. The quantitative estimate of drug-likeness (QED) is 0.627. The molecule has 7 nitrogen and oxygen atoms in total. The number of halogens is 1. The third-order valence-corrected chi connectivity index (χ3v) is 5.57. The first-order valence-electron chi connectivity index (χ1n) is 8.86. The summed E-state index contributed by atoms with van der Waals surface area (Å²) >= 11 is 6.97. The van der Waals surface area contributed by atoms with Gasteiger partial charge in [-0.15, -0.1) is 0 Å². The summed E-state index contributed by atoms with van der Waals surface area (Å²) in [5, 5.41) is 9.09. The Hall–Kier alpha value is -2.97. The summed E-state index contributed by atoms with van der Waals surface area (Å²) < 4.78 is 10.6. The van der Waals surface area contributed by atoms with Crippen LogP contribution < -0.4 is 9.47 Å². The van der Waals surface area contributed by atoms with Crippen molar-refractivity contribution in [3.05, 3.63) is 63.5 Å². The number of carbonyl (C=O) groups is 3. The molecule has 0 aromatic heterocycles. The first-order chi connectivity index (χ1) is 14.3. The molecule has 2 amide bonds. The molecule has 0 aliphatic carbocycles. The van der Waals surface area contributed by atoms with Gasteiger partial charge in [0.15, 0.2) is 17.6 Å². The average Bonchev–Trinajstić information content (AvgIpc) is 2.97. The zero-order valence-electron chi connectivity index (χ0n) is 16.1. The Balaban J connectivity index is 1.81. The lowest BCUT2D eigenvalue weighted by atomic mass is 10.1. The van der Waals surface area contributed by atoms with Crippen LogP contribution in [0.5, 0.6) is 11.5 Å². The lowest BCUT2D eigenvalue weighted by Gasteiger charge is -2.14. The largest absolute Gasteiger partial charge is 0.493 e. The van der Waals surface area contributed by atoms with Gasteiger partial charge in [-0.3, -0.25) is 14.5 Å². The van der Waals surface area contributed by atoms with Gasteiger partial charge in [0.2, 0.25) is 0 Å². The number of hydrogen-bond acceptors (Lipinski definition) is 6. The third-order valence-electron chi connectivity index (χ3n) is 4.30. The molecule has 0 saturated carbocycles. The molecule has 3 rings (SSSR count). The van der Waals surface area contributed by atoms with Crippen molar-refractivity contribution in [3.8, 4) is 11.5 Å². The number of thioether (sulfide) groups is 1. The lowest BCUT2D eigenvalue weighted by molar-refractivity contribution is -0.144. The molecule has 1 saturated heterocycles. The van der Waals surface area contributed by atoms with Crippen molar-refractivity contribution in [2.75, 3.05) is 7.11 Å². The number of rotatable bonds is 7. The Morgan fingerprint density at radius 2 is 1.97 bits per heavy atom. The molecule has 0 spiro atoms. The number of carboxylic acids is 1. The summed E-state index contributed by atoms with van der Waals surface area (Å²) in [6.45, 7) is 1.50. The van der Waals surface area contributed by atoms with Crippen LogP contribution in [0.1, 0.15) is 18.1 Å². The highest BCUT2D eigenvalue weighted by molar-refractivity contribution is 8.18. The number of aliphatic carboxylic acids is 1. The van der Waals surface area contributed by atoms with Gasteiger partial charge in [0.05, 0.1) is 18.6 Å². The Bertz CT molecular complexity index is 1040. The molecular weight excluding hydrogens is 430 g/mol. The molecule has 156 valence electrons. The Morgan fingerprint density at radius 1 is 1.23 bits per heavy atom. The summed E-state index contributed by atoms with van der Waals surface area (Å²) in [4.78, 5) is 37.5. The molecule has 9 heteroatoms. The van der Waals surface area contributed by atoms with Crippen molar-refractivity contribution in [1.82, 2.24) is 4.90 Å². The van der Waals surface area contributed by atoms with E-state index in [-0.39, 0.29) is 22.4 Å². The van der Waals surface area contributed by atoms with Crippen LogP contribution in [0, 0.1) is 0 Å². The van der Waals surface area contributed by atoms with Crippen LogP contribution in [0.25, 0.3) is 6.08 Å². The van der Waals surface area contributed by atoms with E-state index in [0.29, 0.717) is 21.9 Å².